The SMILES string of the molecule is CCOc1cc(C=O)ccc1OCCOc1ccccc1C(C)C. The average molecular weight is 328 g/mol. The molecule has 0 spiro atoms. The minimum Gasteiger partial charge on any atom is -0.490 e. The zero-order valence-electron chi connectivity index (χ0n) is 14.5. The molecule has 0 aliphatic heterocycles. The molecular weight excluding hydrogens is 304 g/mol. The van der Waals surface area contributed by atoms with Gasteiger partial charge in [0, 0.05) is 5.56 Å². The van der Waals surface area contributed by atoms with E-state index >= 15 is 0 Å². The Morgan fingerprint density at radius 1 is 0.917 bits per heavy atom. The number of ether oxygens (including phenoxy) is 3. The van der Waals surface area contributed by atoms with Gasteiger partial charge in [-0.15, -0.1) is 0 Å². The third-order valence-corrected chi connectivity index (χ3v) is 3.54. The second-order valence-corrected chi connectivity index (χ2v) is 5.65. The van der Waals surface area contributed by atoms with E-state index in [1.54, 1.807) is 18.2 Å². The van der Waals surface area contributed by atoms with Crippen molar-refractivity contribution in [1.29, 1.82) is 0 Å². The van der Waals surface area contributed by atoms with Gasteiger partial charge in [0.05, 0.1) is 6.61 Å². The van der Waals surface area contributed by atoms with Crippen LogP contribution in [-0.2, 0) is 0 Å². The normalized spacial score (nSPS) is 10.5. The first-order valence-electron chi connectivity index (χ1n) is 8.22. The number of benzene rings is 2. The highest BCUT2D eigenvalue weighted by Crippen LogP contribution is 2.28. The van der Waals surface area contributed by atoms with E-state index in [0.717, 1.165) is 12.0 Å². The summed E-state index contributed by atoms with van der Waals surface area (Å²) in [6.07, 6.45) is 0.790. The minimum absolute atomic E-state index is 0.396. The van der Waals surface area contributed by atoms with Gasteiger partial charge in [0.1, 0.15) is 25.2 Å². The molecule has 24 heavy (non-hydrogen) atoms. The molecule has 0 atom stereocenters. The Morgan fingerprint density at radius 3 is 2.29 bits per heavy atom. The maximum atomic E-state index is 10.9. The molecule has 2 aromatic rings. The van der Waals surface area contributed by atoms with Gasteiger partial charge in [-0.25, -0.2) is 0 Å². The number of carbonyl (C=O) groups excluding carboxylic acids is 1. The number of hydrogen-bond donors (Lipinski definition) is 0. The largest absolute Gasteiger partial charge is 0.490 e. The van der Waals surface area contributed by atoms with Crippen LogP contribution in [0.15, 0.2) is 42.5 Å². The van der Waals surface area contributed by atoms with Crippen molar-refractivity contribution >= 4 is 6.29 Å². The van der Waals surface area contributed by atoms with E-state index in [-0.39, 0.29) is 0 Å². The van der Waals surface area contributed by atoms with Crippen molar-refractivity contribution < 1.29 is 19.0 Å². The lowest BCUT2D eigenvalue weighted by atomic mass is 10.0. The average Bonchev–Trinajstić information content (AvgIpc) is 2.60. The zero-order chi connectivity index (χ0) is 17.4. The number of aldehydes is 1. The maximum Gasteiger partial charge on any atom is 0.161 e. The summed E-state index contributed by atoms with van der Waals surface area (Å²) >= 11 is 0. The fraction of sp³-hybridized carbons (Fsp3) is 0.350. The molecule has 0 N–H and O–H groups in total. The molecule has 0 saturated heterocycles. The third-order valence-electron chi connectivity index (χ3n) is 3.54. The molecule has 128 valence electrons. The van der Waals surface area contributed by atoms with Crippen LogP contribution >= 0.6 is 0 Å². The van der Waals surface area contributed by atoms with Crippen LogP contribution < -0.4 is 14.2 Å². The Labute approximate surface area is 143 Å². The van der Waals surface area contributed by atoms with Gasteiger partial charge in [0.2, 0.25) is 0 Å². The van der Waals surface area contributed by atoms with Crippen LogP contribution in [0.5, 0.6) is 17.2 Å². The summed E-state index contributed by atoms with van der Waals surface area (Å²) in [6, 6.07) is 13.2. The van der Waals surface area contributed by atoms with E-state index in [2.05, 4.69) is 19.9 Å². The lowest BCUT2D eigenvalue weighted by molar-refractivity contribution is 0.112. The van der Waals surface area contributed by atoms with Gasteiger partial charge in [-0.1, -0.05) is 32.0 Å². The standard InChI is InChI=1S/C20H24O4/c1-4-22-20-13-16(14-21)9-10-19(20)24-12-11-23-18-8-6-5-7-17(18)15(2)3/h5-10,13-15H,4,11-12H2,1-3H3. The van der Waals surface area contributed by atoms with Crippen molar-refractivity contribution in [2.45, 2.75) is 26.7 Å². The molecule has 0 aromatic heterocycles. The fourth-order valence-corrected chi connectivity index (χ4v) is 2.38. The Morgan fingerprint density at radius 2 is 1.62 bits per heavy atom. The molecule has 0 fully saturated rings. The van der Waals surface area contributed by atoms with E-state index in [0.29, 0.717) is 42.8 Å². The lowest BCUT2D eigenvalue weighted by Gasteiger charge is -2.15. The highest BCUT2D eigenvalue weighted by Gasteiger charge is 2.08. The van der Waals surface area contributed by atoms with Gasteiger partial charge in [0.25, 0.3) is 0 Å². The van der Waals surface area contributed by atoms with Crippen molar-refractivity contribution in [2.24, 2.45) is 0 Å². The Hall–Kier alpha value is -2.49. The van der Waals surface area contributed by atoms with Crippen LogP contribution in [0, 0.1) is 0 Å². The van der Waals surface area contributed by atoms with Gasteiger partial charge in [-0.3, -0.25) is 4.79 Å². The molecule has 2 rings (SSSR count). The first kappa shape index (κ1) is 17.9. The highest BCUT2D eigenvalue weighted by atomic mass is 16.5. The van der Waals surface area contributed by atoms with Gasteiger partial charge in [-0.05, 0) is 42.7 Å². The van der Waals surface area contributed by atoms with Crippen LogP contribution in [0.3, 0.4) is 0 Å². The van der Waals surface area contributed by atoms with E-state index < -0.39 is 0 Å². The first-order valence-corrected chi connectivity index (χ1v) is 8.22. The van der Waals surface area contributed by atoms with Crippen LogP contribution in [0.25, 0.3) is 0 Å². The van der Waals surface area contributed by atoms with Gasteiger partial charge in [0.15, 0.2) is 11.5 Å². The number of carbonyl (C=O) groups is 1. The van der Waals surface area contributed by atoms with E-state index in [1.807, 2.05) is 25.1 Å². The fourth-order valence-electron chi connectivity index (χ4n) is 2.38. The van der Waals surface area contributed by atoms with Crippen LogP contribution in [-0.4, -0.2) is 26.1 Å². The smallest absolute Gasteiger partial charge is 0.161 e. The van der Waals surface area contributed by atoms with Crippen molar-refractivity contribution in [2.75, 3.05) is 19.8 Å². The van der Waals surface area contributed by atoms with Gasteiger partial charge >= 0.3 is 0 Å². The molecule has 4 nitrogen and oxygen atoms in total. The van der Waals surface area contributed by atoms with Gasteiger partial charge in [-0.2, -0.15) is 0 Å². The van der Waals surface area contributed by atoms with Crippen molar-refractivity contribution in [1.82, 2.24) is 0 Å². The lowest BCUT2D eigenvalue weighted by Crippen LogP contribution is -2.11. The van der Waals surface area contributed by atoms with Gasteiger partial charge < -0.3 is 14.2 Å². The van der Waals surface area contributed by atoms with Crippen molar-refractivity contribution in [3.8, 4) is 17.2 Å². The quantitative estimate of drug-likeness (QED) is 0.503. The van der Waals surface area contributed by atoms with Crippen molar-refractivity contribution in [3.63, 3.8) is 0 Å². The Balaban J connectivity index is 1.94. The van der Waals surface area contributed by atoms with Crippen molar-refractivity contribution in [3.05, 3.63) is 53.6 Å². The van der Waals surface area contributed by atoms with Crippen LogP contribution in [0.4, 0.5) is 0 Å². The van der Waals surface area contributed by atoms with Crippen LogP contribution in [0.1, 0.15) is 42.6 Å². The summed E-state index contributed by atoms with van der Waals surface area (Å²) < 4.78 is 17.1. The summed E-state index contributed by atoms with van der Waals surface area (Å²) in [6.45, 7) is 7.52. The summed E-state index contributed by atoms with van der Waals surface area (Å²) in [4.78, 5) is 10.9. The molecule has 0 unspecified atom stereocenters. The highest BCUT2D eigenvalue weighted by molar-refractivity contribution is 5.76. The maximum absolute atomic E-state index is 10.9. The molecule has 0 aliphatic rings. The second kappa shape index (κ2) is 8.96. The van der Waals surface area contributed by atoms with E-state index in [4.69, 9.17) is 14.2 Å². The number of hydrogen-bond acceptors (Lipinski definition) is 4. The molecule has 0 amide bonds. The molecule has 0 bridgehead atoms. The molecule has 2 aromatic carbocycles. The topological polar surface area (TPSA) is 44.8 Å². The molecule has 0 saturated carbocycles. The summed E-state index contributed by atoms with van der Waals surface area (Å²) in [7, 11) is 0. The second-order valence-electron chi connectivity index (χ2n) is 5.65. The Bertz CT molecular complexity index is 664. The summed E-state index contributed by atoms with van der Waals surface area (Å²) in [5.41, 5.74) is 1.75. The minimum atomic E-state index is 0.396. The first-order chi connectivity index (χ1) is 11.7. The molecule has 0 radical (unpaired) electrons. The molecule has 0 heterocycles. The third kappa shape index (κ3) is 4.75. The summed E-state index contributed by atoms with van der Waals surface area (Å²) in [5, 5.41) is 0. The zero-order valence-corrected chi connectivity index (χ0v) is 14.5. The predicted molar refractivity (Wildman–Crippen MR) is 94.5 cm³/mol. The molecule has 0 aliphatic carbocycles. The molecule has 4 heteroatoms. The summed E-state index contributed by atoms with van der Waals surface area (Å²) in [5.74, 6) is 2.48. The number of rotatable bonds is 9. The molecular formula is C20H24O4. The van der Waals surface area contributed by atoms with Crippen LogP contribution in [0.2, 0.25) is 0 Å². The van der Waals surface area contributed by atoms with E-state index in [1.165, 1.54) is 5.56 Å². The number of para-hydroxylation sites is 1. The predicted octanol–water partition coefficient (Wildman–Crippen LogP) is 4.48. The van der Waals surface area contributed by atoms with E-state index in [9.17, 15) is 4.79 Å². The monoisotopic (exact) mass is 328 g/mol. The Kier molecular flexibility index (Phi) is 6.67.